The maximum absolute atomic E-state index is 12.9. The number of unbranched alkanes of at least 4 members (excludes halogenated alkanes) is 1. The van der Waals surface area contributed by atoms with E-state index in [0.29, 0.717) is 25.8 Å². The van der Waals surface area contributed by atoms with Gasteiger partial charge in [-0.25, -0.2) is 10.6 Å². The number of nitrogens with zero attached hydrogens (tertiary/aromatic N) is 1. The molecule has 33 heavy (non-hydrogen) atoms. The van der Waals surface area contributed by atoms with Gasteiger partial charge in [0.15, 0.2) is 0 Å². The molecule has 0 aliphatic rings. The molecule has 1 rings (SSSR count). The molecule has 0 radical (unpaired) electrons. The van der Waals surface area contributed by atoms with Crippen LogP contribution >= 0.6 is 0 Å². The molecule has 10 nitrogen and oxygen atoms in total. The van der Waals surface area contributed by atoms with E-state index in [1.165, 1.54) is 0 Å². The minimum Gasteiger partial charge on any atom is -0.491 e. The number of guanidine groups is 1. The summed E-state index contributed by atoms with van der Waals surface area (Å²) in [4.78, 5) is 25.2. The van der Waals surface area contributed by atoms with Crippen LogP contribution in [0.1, 0.15) is 58.1 Å². The predicted octanol–water partition coefficient (Wildman–Crippen LogP) is 2.32. The van der Waals surface area contributed by atoms with Gasteiger partial charge in [0.1, 0.15) is 24.0 Å². The number of alkyl carbamates (subject to hydrolysis) is 1. The van der Waals surface area contributed by atoms with Gasteiger partial charge in [0.25, 0.3) is 0 Å². The van der Waals surface area contributed by atoms with Crippen LogP contribution in [0.5, 0.6) is 5.75 Å². The van der Waals surface area contributed by atoms with Crippen molar-refractivity contribution in [2.45, 2.75) is 78.5 Å². The van der Waals surface area contributed by atoms with Crippen LogP contribution in [-0.4, -0.2) is 53.8 Å². The van der Waals surface area contributed by atoms with Gasteiger partial charge in [0.2, 0.25) is 11.9 Å². The Morgan fingerprint density at radius 2 is 1.76 bits per heavy atom. The smallest absolute Gasteiger partial charge is 0.408 e. The van der Waals surface area contributed by atoms with Crippen LogP contribution < -0.4 is 26.9 Å². The van der Waals surface area contributed by atoms with Crippen LogP contribution in [0.25, 0.3) is 0 Å². The minimum atomic E-state index is -0.786. The molecule has 10 heteroatoms. The molecule has 7 N–H and O–H groups in total. The number of hydrazine groups is 1. The van der Waals surface area contributed by atoms with Crippen molar-refractivity contribution in [1.82, 2.24) is 15.6 Å². The summed E-state index contributed by atoms with van der Waals surface area (Å²) in [6.07, 6.45) is 0.899. The molecule has 0 heterocycles. The van der Waals surface area contributed by atoms with Gasteiger partial charge < -0.3 is 25.8 Å². The first kappa shape index (κ1) is 28.0. The molecule has 186 valence electrons. The molecule has 0 fully saturated rings. The van der Waals surface area contributed by atoms with Crippen LogP contribution in [0.4, 0.5) is 4.79 Å². The second-order valence-corrected chi connectivity index (χ2v) is 9.21. The van der Waals surface area contributed by atoms with Crippen molar-refractivity contribution in [2.24, 2.45) is 11.6 Å². The van der Waals surface area contributed by atoms with Crippen molar-refractivity contribution in [3.8, 4) is 5.75 Å². The summed E-state index contributed by atoms with van der Waals surface area (Å²) < 4.78 is 11.2. The number of hydrogen-bond acceptors (Lipinski definition) is 6. The topological polar surface area (TPSA) is 156 Å². The Morgan fingerprint density at radius 3 is 2.30 bits per heavy atom. The summed E-state index contributed by atoms with van der Waals surface area (Å²) in [6, 6.07) is 4.85. The van der Waals surface area contributed by atoms with Crippen molar-refractivity contribution in [1.29, 1.82) is 5.41 Å². The maximum atomic E-state index is 12.9. The van der Waals surface area contributed by atoms with Crippen LogP contribution in [0, 0.1) is 19.3 Å². The average molecular weight is 465 g/mol. The molecule has 0 aromatic heterocycles. The fraction of sp³-hybridized carbons (Fsp3) is 0.609. The van der Waals surface area contributed by atoms with E-state index in [0.717, 1.165) is 21.9 Å². The lowest BCUT2D eigenvalue weighted by Crippen LogP contribution is -2.51. The number of para-hydroxylation sites is 1. The number of hydrogen-bond donors (Lipinski definition) is 5. The Hall–Kier alpha value is -3.01. The first-order valence-electron chi connectivity index (χ1n) is 11.1. The van der Waals surface area contributed by atoms with E-state index < -0.39 is 17.7 Å². The third-order valence-corrected chi connectivity index (χ3v) is 4.73. The Bertz CT molecular complexity index is 788. The van der Waals surface area contributed by atoms with E-state index in [4.69, 9.17) is 26.5 Å². The monoisotopic (exact) mass is 464 g/mol. The summed E-state index contributed by atoms with van der Waals surface area (Å²) >= 11 is 0. The number of aryl methyl sites for hydroxylation is 2. The SMILES string of the molecule is Cc1cccc(C)c1OCC(C)NC(=O)C(CCCCN(N)C(=N)N)NC(=O)OC(C)(C)C. The number of ether oxygens (including phenoxy) is 2. The van der Waals surface area contributed by atoms with Gasteiger partial charge in [-0.1, -0.05) is 18.2 Å². The molecular formula is C23H40N6O4. The lowest BCUT2D eigenvalue weighted by Gasteiger charge is -2.25. The Morgan fingerprint density at radius 1 is 1.15 bits per heavy atom. The second-order valence-electron chi connectivity index (χ2n) is 9.21. The van der Waals surface area contributed by atoms with Gasteiger partial charge in [-0.2, -0.15) is 0 Å². The highest BCUT2D eigenvalue weighted by Crippen LogP contribution is 2.22. The van der Waals surface area contributed by atoms with Gasteiger partial charge in [0, 0.05) is 6.54 Å². The molecule has 1 aromatic rings. The van der Waals surface area contributed by atoms with Crippen molar-refractivity contribution in [3.05, 3.63) is 29.3 Å². The van der Waals surface area contributed by atoms with E-state index in [9.17, 15) is 9.59 Å². The van der Waals surface area contributed by atoms with Gasteiger partial charge >= 0.3 is 6.09 Å². The molecule has 0 spiro atoms. The molecule has 2 amide bonds. The molecule has 0 aliphatic carbocycles. The Kier molecular flexibility index (Phi) is 10.9. The third kappa shape index (κ3) is 10.9. The molecule has 0 aliphatic heterocycles. The van der Waals surface area contributed by atoms with Crippen LogP contribution in [0.15, 0.2) is 18.2 Å². The zero-order valence-electron chi connectivity index (χ0n) is 20.7. The lowest BCUT2D eigenvalue weighted by atomic mass is 10.1. The molecule has 2 unspecified atom stereocenters. The van der Waals surface area contributed by atoms with Crippen molar-refractivity contribution in [3.63, 3.8) is 0 Å². The number of rotatable bonds is 11. The zero-order valence-corrected chi connectivity index (χ0v) is 20.7. The minimum absolute atomic E-state index is 0.228. The fourth-order valence-electron chi connectivity index (χ4n) is 3.09. The second kappa shape index (κ2) is 12.9. The molecule has 0 saturated carbocycles. The molecule has 0 saturated heterocycles. The fourth-order valence-corrected chi connectivity index (χ4v) is 3.09. The molecule has 0 bridgehead atoms. The average Bonchev–Trinajstić information content (AvgIpc) is 2.68. The molecular weight excluding hydrogens is 424 g/mol. The van der Waals surface area contributed by atoms with E-state index in [2.05, 4.69) is 10.6 Å². The van der Waals surface area contributed by atoms with Crippen molar-refractivity contribution >= 4 is 18.0 Å². The molecule has 1 aromatic carbocycles. The van der Waals surface area contributed by atoms with Crippen LogP contribution in [0.3, 0.4) is 0 Å². The lowest BCUT2D eigenvalue weighted by molar-refractivity contribution is -0.124. The summed E-state index contributed by atoms with van der Waals surface area (Å²) in [5.41, 5.74) is 6.70. The van der Waals surface area contributed by atoms with Gasteiger partial charge in [-0.15, -0.1) is 0 Å². The normalized spacial score (nSPS) is 12.9. The predicted molar refractivity (Wildman–Crippen MR) is 129 cm³/mol. The van der Waals surface area contributed by atoms with Crippen molar-refractivity contribution < 1.29 is 19.1 Å². The van der Waals surface area contributed by atoms with Gasteiger partial charge in [0.05, 0.1) is 6.04 Å². The van der Waals surface area contributed by atoms with Crippen LogP contribution in [0.2, 0.25) is 0 Å². The van der Waals surface area contributed by atoms with Crippen molar-refractivity contribution in [2.75, 3.05) is 13.2 Å². The highest BCUT2D eigenvalue weighted by atomic mass is 16.6. The third-order valence-electron chi connectivity index (χ3n) is 4.73. The number of nitrogens with two attached hydrogens (primary N) is 2. The highest BCUT2D eigenvalue weighted by Gasteiger charge is 2.25. The number of amides is 2. The number of carbonyl (C=O) groups is 2. The van der Waals surface area contributed by atoms with Crippen LogP contribution in [-0.2, 0) is 9.53 Å². The zero-order chi connectivity index (χ0) is 25.2. The largest absolute Gasteiger partial charge is 0.491 e. The van der Waals surface area contributed by atoms with E-state index >= 15 is 0 Å². The Balaban J connectivity index is 2.69. The summed E-state index contributed by atoms with van der Waals surface area (Å²) in [5, 5.41) is 14.0. The maximum Gasteiger partial charge on any atom is 0.408 e. The summed E-state index contributed by atoms with van der Waals surface area (Å²) in [6.45, 7) is 11.7. The van der Waals surface area contributed by atoms with Gasteiger partial charge in [-0.3, -0.25) is 15.2 Å². The number of nitrogens with one attached hydrogen (secondary N) is 3. The quantitative estimate of drug-likeness (QED) is 0.111. The standard InChI is InChI=1S/C23H40N6O4/c1-15-10-9-11-16(2)19(15)32-14-17(3)27-20(30)18(28-22(31)33-23(4,5)6)12-7-8-13-29(26)21(24)25/h9-11,17-18H,7-8,12-14,26H2,1-6H3,(H3,24,25)(H,27,30)(H,28,31). The van der Waals surface area contributed by atoms with E-state index in [1.54, 1.807) is 20.8 Å². The molecule has 2 atom stereocenters. The number of carbonyl (C=O) groups excluding carboxylic acids is 2. The van der Waals surface area contributed by atoms with E-state index in [-0.39, 0.29) is 24.5 Å². The summed E-state index contributed by atoms with van der Waals surface area (Å²) in [7, 11) is 0. The summed E-state index contributed by atoms with van der Waals surface area (Å²) in [5.74, 6) is 5.86. The Labute approximate surface area is 196 Å². The van der Waals surface area contributed by atoms with E-state index in [1.807, 2.05) is 39.0 Å². The first-order chi connectivity index (χ1) is 15.3. The van der Waals surface area contributed by atoms with Gasteiger partial charge in [-0.05, 0) is 71.9 Å². The highest BCUT2D eigenvalue weighted by molar-refractivity contribution is 5.85. The number of benzene rings is 1. The first-order valence-corrected chi connectivity index (χ1v) is 11.1.